The molecule has 2 aromatic rings. The number of amides is 1. The van der Waals surface area contributed by atoms with Crippen LogP contribution in [0.2, 0.25) is 0 Å². The van der Waals surface area contributed by atoms with Crippen molar-refractivity contribution in [3.8, 4) is 0 Å². The zero-order valence-electron chi connectivity index (χ0n) is 16.5. The van der Waals surface area contributed by atoms with Crippen molar-refractivity contribution in [1.82, 2.24) is 19.4 Å². The standard InChI is InChI=1S/C22H30N4O/c1-3-25-15-19(18-7-5-4-6-8-18)13-22(16-25)9-11-26(12-10-22)21(27)20-14-23-17-24(20)2/h4-8,14,17,19H,3,9-13,15-16H2,1-2H3/t19-/m0/s1. The fourth-order valence-corrected chi connectivity index (χ4v) is 4.96. The Kier molecular flexibility index (Phi) is 5.04. The van der Waals surface area contributed by atoms with Gasteiger partial charge in [0.2, 0.25) is 0 Å². The molecule has 2 aliphatic heterocycles. The van der Waals surface area contributed by atoms with Crippen molar-refractivity contribution in [2.45, 2.75) is 32.1 Å². The Hall–Kier alpha value is -2.14. The summed E-state index contributed by atoms with van der Waals surface area (Å²) in [5, 5.41) is 0. The average molecular weight is 367 g/mol. The SMILES string of the molecule is CCN1C[C@@H](c2ccccc2)CC2(CCN(C(=O)c3cncn3C)CC2)C1. The number of aryl methyl sites for hydroxylation is 1. The molecule has 144 valence electrons. The predicted molar refractivity (Wildman–Crippen MR) is 107 cm³/mol. The minimum Gasteiger partial charge on any atom is -0.337 e. The molecule has 1 aromatic carbocycles. The molecule has 0 N–H and O–H groups in total. The lowest BCUT2D eigenvalue weighted by molar-refractivity contribution is 0.0155. The number of carbonyl (C=O) groups excluding carboxylic acids is 1. The highest BCUT2D eigenvalue weighted by atomic mass is 16.2. The molecule has 0 bridgehead atoms. The maximum atomic E-state index is 12.8. The maximum Gasteiger partial charge on any atom is 0.272 e. The van der Waals surface area contributed by atoms with E-state index in [1.165, 1.54) is 18.5 Å². The molecule has 1 amide bonds. The first kappa shape index (κ1) is 18.2. The van der Waals surface area contributed by atoms with E-state index < -0.39 is 0 Å². The lowest BCUT2D eigenvalue weighted by Gasteiger charge is -2.50. The fraction of sp³-hybridized carbons (Fsp3) is 0.545. The van der Waals surface area contributed by atoms with Crippen molar-refractivity contribution in [2.24, 2.45) is 12.5 Å². The molecule has 2 aliphatic rings. The largest absolute Gasteiger partial charge is 0.337 e. The molecule has 2 saturated heterocycles. The number of hydrogen-bond donors (Lipinski definition) is 0. The van der Waals surface area contributed by atoms with E-state index in [1.54, 1.807) is 12.5 Å². The molecule has 1 atom stereocenters. The van der Waals surface area contributed by atoms with E-state index in [-0.39, 0.29) is 5.91 Å². The molecule has 27 heavy (non-hydrogen) atoms. The van der Waals surface area contributed by atoms with Gasteiger partial charge in [0.05, 0.1) is 12.5 Å². The van der Waals surface area contributed by atoms with Crippen LogP contribution in [-0.4, -0.2) is 58.0 Å². The van der Waals surface area contributed by atoms with Gasteiger partial charge in [0, 0.05) is 33.2 Å². The number of likely N-dealkylation sites (tertiary alicyclic amines) is 2. The summed E-state index contributed by atoms with van der Waals surface area (Å²) in [5.74, 6) is 0.715. The van der Waals surface area contributed by atoms with Crippen molar-refractivity contribution >= 4 is 5.91 Å². The van der Waals surface area contributed by atoms with E-state index >= 15 is 0 Å². The van der Waals surface area contributed by atoms with Gasteiger partial charge in [-0.1, -0.05) is 37.3 Å². The molecular formula is C22H30N4O. The van der Waals surface area contributed by atoms with Crippen molar-refractivity contribution in [3.05, 3.63) is 54.1 Å². The Morgan fingerprint density at radius 2 is 1.96 bits per heavy atom. The second kappa shape index (κ2) is 7.47. The van der Waals surface area contributed by atoms with Crippen LogP contribution in [0, 0.1) is 5.41 Å². The minimum absolute atomic E-state index is 0.118. The smallest absolute Gasteiger partial charge is 0.272 e. The number of rotatable bonds is 3. The summed E-state index contributed by atoms with van der Waals surface area (Å²) in [5.41, 5.74) is 2.48. The van der Waals surface area contributed by atoms with Crippen LogP contribution in [-0.2, 0) is 7.05 Å². The highest BCUT2D eigenvalue weighted by molar-refractivity contribution is 5.92. The fourth-order valence-electron chi connectivity index (χ4n) is 4.96. The first-order valence-electron chi connectivity index (χ1n) is 10.1. The number of carbonyl (C=O) groups is 1. The van der Waals surface area contributed by atoms with Gasteiger partial charge >= 0.3 is 0 Å². The van der Waals surface area contributed by atoms with Gasteiger partial charge in [-0.05, 0) is 42.7 Å². The Bertz CT molecular complexity index is 777. The topological polar surface area (TPSA) is 41.4 Å². The molecule has 4 rings (SSSR count). The van der Waals surface area contributed by atoms with Crippen LogP contribution in [0.15, 0.2) is 42.9 Å². The van der Waals surface area contributed by atoms with E-state index in [4.69, 9.17) is 0 Å². The first-order valence-corrected chi connectivity index (χ1v) is 10.1. The van der Waals surface area contributed by atoms with Crippen LogP contribution in [0.25, 0.3) is 0 Å². The van der Waals surface area contributed by atoms with Crippen LogP contribution < -0.4 is 0 Å². The zero-order valence-corrected chi connectivity index (χ0v) is 16.5. The summed E-state index contributed by atoms with van der Waals surface area (Å²) in [6.45, 7) is 7.39. The summed E-state index contributed by atoms with van der Waals surface area (Å²) in [6.07, 6.45) is 6.80. The number of piperidine rings is 2. The van der Waals surface area contributed by atoms with Gasteiger partial charge in [0.1, 0.15) is 5.69 Å². The summed E-state index contributed by atoms with van der Waals surface area (Å²) in [7, 11) is 1.89. The number of nitrogens with zero attached hydrogens (tertiary/aromatic N) is 4. The van der Waals surface area contributed by atoms with Gasteiger partial charge in [-0.2, -0.15) is 0 Å². The van der Waals surface area contributed by atoms with Crippen LogP contribution in [0.4, 0.5) is 0 Å². The third-order valence-corrected chi connectivity index (χ3v) is 6.58. The Balaban J connectivity index is 1.47. The Morgan fingerprint density at radius 1 is 1.22 bits per heavy atom. The molecule has 0 saturated carbocycles. The monoisotopic (exact) mass is 366 g/mol. The van der Waals surface area contributed by atoms with Crippen molar-refractivity contribution < 1.29 is 4.79 Å². The van der Waals surface area contributed by atoms with E-state index in [1.807, 2.05) is 16.5 Å². The van der Waals surface area contributed by atoms with E-state index in [9.17, 15) is 4.79 Å². The number of benzene rings is 1. The van der Waals surface area contributed by atoms with Gasteiger partial charge in [0.15, 0.2) is 0 Å². The van der Waals surface area contributed by atoms with Crippen LogP contribution >= 0.6 is 0 Å². The van der Waals surface area contributed by atoms with E-state index in [0.717, 1.165) is 39.0 Å². The maximum absolute atomic E-state index is 12.8. The number of hydrogen-bond acceptors (Lipinski definition) is 3. The van der Waals surface area contributed by atoms with Gasteiger partial charge < -0.3 is 14.4 Å². The third-order valence-electron chi connectivity index (χ3n) is 6.58. The van der Waals surface area contributed by atoms with Gasteiger partial charge in [-0.25, -0.2) is 4.98 Å². The normalized spacial score (nSPS) is 22.9. The Labute approximate surface area is 162 Å². The van der Waals surface area contributed by atoms with Gasteiger partial charge in [-0.15, -0.1) is 0 Å². The molecule has 2 fully saturated rings. The van der Waals surface area contributed by atoms with Gasteiger partial charge in [0.25, 0.3) is 5.91 Å². The number of likely N-dealkylation sites (N-methyl/N-ethyl adjacent to an activating group) is 1. The summed E-state index contributed by atoms with van der Waals surface area (Å²) < 4.78 is 1.82. The highest BCUT2D eigenvalue weighted by Crippen LogP contribution is 2.45. The Morgan fingerprint density at radius 3 is 2.59 bits per heavy atom. The highest BCUT2D eigenvalue weighted by Gasteiger charge is 2.42. The van der Waals surface area contributed by atoms with Crippen LogP contribution in [0.5, 0.6) is 0 Å². The molecule has 5 heteroatoms. The number of imidazole rings is 1. The van der Waals surface area contributed by atoms with E-state index in [2.05, 4.69) is 47.1 Å². The molecule has 0 aliphatic carbocycles. The third kappa shape index (κ3) is 3.65. The molecule has 3 heterocycles. The van der Waals surface area contributed by atoms with E-state index in [0.29, 0.717) is 17.0 Å². The van der Waals surface area contributed by atoms with Crippen molar-refractivity contribution in [1.29, 1.82) is 0 Å². The van der Waals surface area contributed by atoms with Crippen molar-refractivity contribution in [2.75, 3.05) is 32.7 Å². The lowest BCUT2D eigenvalue weighted by atomic mass is 9.68. The summed E-state index contributed by atoms with van der Waals surface area (Å²) >= 11 is 0. The van der Waals surface area contributed by atoms with Gasteiger partial charge in [-0.3, -0.25) is 4.79 Å². The summed E-state index contributed by atoms with van der Waals surface area (Å²) in [4.78, 5) is 21.5. The minimum atomic E-state index is 0.118. The summed E-state index contributed by atoms with van der Waals surface area (Å²) in [6, 6.07) is 11.0. The molecule has 1 aromatic heterocycles. The van der Waals surface area contributed by atoms with Crippen LogP contribution in [0.3, 0.4) is 0 Å². The second-order valence-corrected chi connectivity index (χ2v) is 8.32. The number of aromatic nitrogens is 2. The predicted octanol–water partition coefficient (Wildman–Crippen LogP) is 3.15. The zero-order chi connectivity index (χ0) is 18.9. The lowest BCUT2D eigenvalue weighted by Crippen LogP contribution is -2.52. The second-order valence-electron chi connectivity index (χ2n) is 8.32. The molecule has 5 nitrogen and oxygen atoms in total. The van der Waals surface area contributed by atoms with Crippen molar-refractivity contribution in [3.63, 3.8) is 0 Å². The first-order chi connectivity index (χ1) is 13.1. The van der Waals surface area contributed by atoms with Crippen LogP contribution in [0.1, 0.15) is 48.2 Å². The molecule has 0 unspecified atom stereocenters. The quantitative estimate of drug-likeness (QED) is 0.838. The average Bonchev–Trinajstić information content (AvgIpc) is 3.14. The molecule has 1 spiro atoms. The molecule has 0 radical (unpaired) electrons. The molecular weight excluding hydrogens is 336 g/mol.